The Hall–Kier alpha value is -5.86. The molecule has 0 bridgehead atoms. The van der Waals surface area contributed by atoms with Gasteiger partial charge in [-0.2, -0.15) is 0 Å². The zero-order chi connectivity index (χ0) is 29.0. The van der Waals surface area contributed by atoms with Crippen molar-refractivity contribution in [2.75, 3.05) is 0 Å². The number of hydrogen-bond donors (Lipinski definition) is 0. The highest BCUT2D eigenvalue weighted by Gasteiger charge is 2.20. The minimum absolute atomic E-state index is 1.16. The molecule has 9 aromatic rings. The molecule has 206 valence electrons. The van der Waals surface area contributed by atoms with Crippen LogP contribution in [0.2, 0.25) is 0 Å². The molecule has 0 aliphatic rings. The van der Waals surface area contributed by atoms with Gasteiger partial charge in [-0.1, -0.05) is 121 Å². The molecule has 0 aliphatic heterocycles. The van der Waals surface area contributed by atoms with Gasteiger partial charge in [0.2, 0.25) is 0 Å². The first-order chi connectivity index (χ1) is 21.9. The summed E-state index contributed by atoms with van der Waals surface area (Å²) >= 11 is 0. The smallest absolute Gasteiger partial charge is 0.0548 e. The third-order valence-electron chi connectivity index (χ3n) is 8.91. The summed E-state index contributed by atoms with van der Waals surface area (Å²) in [5, 5.41) is 5.12. The summed E-state index contributed by atoms with van der Waals surface area (Å²) in [4.78, 5) is 0. The average molecular weight is 561 g/mol. The van der Waals surface area contributed by atoms with Crippen molar-refractivity contribution in [2.24, 2.45) is 0 Å². The van der Waals surface area contributed by atoms with Gasteiger partial charge in [0, 0.05) is 32.9 Å². The molecule has 0 saturated carbocycles. The predicted molar refractivity (Wildman–Crippen MR) is 186 cm³/mol. The topological polar surface area (TPSA) is 9.86 Å². The largest absolute Gasteiger partial charge is 0.309 e. The summed E-state index contributed by atoms with van der Waals surface area (Å²) in [6.07, 6.45) is 0. The molecule has 2 nitrogen and oxygen atoms in total. The van der Waals surface area contributed by atoms with Crippen LogP contribution in [0.5, 0.6) is 0 Å². The molecular weight excluding hydrogens is 532 g/mol. The van der Waals surface area contributed by atoms with Crippen molar-refractivity contribution < 1.29 is 0 Å². The SMILES string of the molecule is c1ccc(-c2ccccc2-c2cccc(-n3c4ccccc4c4c5c6ccccc6n(-c6ccccc6)c5ccc43)c2)cc1. The number of aromatic nitrogens is 2. The van der Waals surface area contributed by atoms with Gasteiger partial charge in [-0.05, 0) is 70.8 Å². The van der Waals surface area contributed by atoms with Crippen molar-refractivity contribution in [3.8, 4) is 33.6 Å². The molecular formula is C42H28N2. The van der Waals surface area contributed by atoms with Crippen LogP contribution in [0.15, 0.2) is 170 Å². The molecule has 0 aliphatic carbocycles. The van der Waals surface area contributed by atoms with Crippen LogP contribution in [0.4, 0.5) is 0 Å². The van der Waals surface area contributed by atoms with Crippen molar-refractivity contribution in [1.82, 2.24) is 9.13 Å². The number of rotatable bonds is 4. The van der Waals surface area contributed by atoms with E-state index in [1.165, 1.54) is 71.6 Å². The van der Waals surface area contributed by atoms with Crippen LogP contribution >= 0.6 is 0 Å². The van der Waals surface area contributed by atoms with Crippen LogP contribution in [-0.2, 0) is 0 Å². The van der Waals surface area contributed by atoms with E-state index in [0.717, 1.165) is 5.69 Å². The standard InChI is InChI=1S/C42H28N2/c1-3-14-29(15-4-1)33-20-7-8-21-34(33)30-16-13-19-32(28-30)44-38-25-12-10-23-36(38)42-40(44)27-26-39-41(42)35-22-9-11-24-37(35)43(39)31-17-5-2-6-18-31/h1-28H. The lowest BCUT2D eigenvalue weighted by atomic mass is 9.94. The van der Waals surface area contributed by atoms with Crippen LogP contribution in [0, 0.1) is 0 Å². The molecule has 0 amide bonds. The van der Waals surface area contributed by atoms with E-state index < -0.39 is 0 Å². The normalized spacial score (nSPS) is 11.6. The molecule has 2 heteroatoms. The lowest BCUT2D eigenvalue weighted by Gasteiger charge is -2.13. The quantitative estimate of drug-likeness (QED) is 0.203. The highest BCUT2D eigenvalue weighted by atomic mass is 15.0. The second kappa shape index (κ2) is 9.86. The van der Waals surface area contributed by atoms with E-state index in [4.69, 9.17) is 0 Å². The molecule has 44 heavy (non-hydrogen) atoms. The number of para-hydroxylation sites is 3. The van der Waals surface area contributed by atoms with E-state index >= 15 is 0 Å². The van der Waals surface area contributed by atoms with E-state index in [1.54, 1.807) is 0 Å². The summed E-state index contributed by atoms with van der Waals surface area (Å²) < 4.78 is 4.84. The van der Waals surface area contributed by atoms with E-state index in [9.17, 15) is 0 Å². The summed E-state index contributed by atoms with van der Waals surface area (Å²) in [6.45, 7) is 0. The van der Waals surface area contributed by atoms with Crippen LogP contribution in [0.1, 0.15) is 0 Å². The van der Waals surface area contributed by atoms with Crippen molar-refractivity contribution in [2.45, 2.75) is 0 Å². The summed E-state index contributed by atoms with van der Waals surface area (Å²) in [5.74, 6) is 0. The van der Waals surface area contributed by atoms with Crippen molar-refractivity contribution in [3.05, 3.63) is 170 Å². The van der Waals surface area contributed by atoms with E-state index in [0.29, 0.717) is 0 Å². The maximum atomic E-state index is 2.44. The van der Waals surface area contributed by atoms with Gasteiger partial charge < -0.3 is 9.13 Å². The molecule has 0 atom stereocenters. The van der Waals surface area contributed by atoms with Gasteiger partial charge in [0.1, 0.15) is 0 Å². The molecule has 7 aromatic carbocycles. The first-order valence-corrected chi connectivity index (χ1v) is 15.1. The van der Waals surface area contributed by atoms with Crippen molar-refractivity contribution >= 4 is 43.6 Å². The Morgan fingerprint density at radius 1 is 0.295 bits per heavy atom. The zero-order valence-electron chi connectivity index (χ0n) is 24.1. The fraction of sp³-hybridized carbons (Fsp3) is 0. The Kier molecular flexibility index (Phi) is 5.54. The monoisotopic (exact) mass is 560 g/mol. The van der Waals surface area contributed by atoms with E-state index in [1.807, 2.05) is 0 Å². The molecule has 2 aromatic heterocycles. The zero-order valence-corrected chi connectivity index (χ0v) is 24.1. The molecule has 0 unspecified atom stereocenters. The predicted octanol–water partition coefficient (Wildman–Crippen LogP) is 11.2. The third kappa shape index (κ3) is 3.68. The van der Waals surface area contributed by atoms with Gasteiger partial charge >= 0.3 is 0 Å². The fourth-order valence-electron chi connectivity index (χ4n) is 7.07. The fourth-order valence-corrected chi connectivity index (χ4v) is 7.07. The van der Waals surface area contributed by atoms with Gasteiger partial charge in [0.15, 0.2) is 0 Å². The van der Waals surface area contributed by atoms with Crippen LogP contribution in [0.3, 0.4) is 0 Å². The average Bonchev–Trinajstić information content (AvgIpc) is 3.62. The first-order valence-electron chi connectivity index (χ1n) is 15.1. The lowest BCUT2D eigenvalue weighted by Crippen LogP contribution is -1.95. The third-order valence-corrected chi connectivity index (χ3v) is 8.91. The Morgan fingerprint density at radius 2 is 0.750 bits per heavy atom. The maximum Gasteiger partial charge on any atom is 0.0548 e. The van der Waals surface area contributed by atoms with Gasteiger partial charge in [0.05, 0.1) is 22.1 Å². The van der Waals surface area contributed by atoms with Crippen molar-refractivity contribution in [3.63, 3.8) is 0 Å². The molecule has 0 radical (unpaired) electrons. The Bertz CT molecular complexity index is 2480. The highest BCUT2D eigenvalue weighted by Crippen LogP contribution is 2.42. The molecule has 0 spiro atoms. The van der Waals surface area contributed by atoms with Gasteiger partial charge in [0.25, 0.3) is 0 Å². The Balaban J connectivity index is 1.34. The number of benzene rings is 7. The summed E-state index contributed by atoms with van der Waals surface area (Å²) in [5.41, 5.74) is 12.1. The molecule has 2 heterocycles. The minimum atomic E-state index is 1.16. The maximum absolute atomic E-state index is 2.44. The van der Waals surface area contributed by atoms with Crippen LogP contribution < -0.4 is 0 Å². The summed E-state index contributed by atoms with van der Waals surface area (Å²) in [6, 6.07) is 61.3. The second-order valence-corrected chi connectivity index (χ2v) is 11.4. The second-order valence-electron chi connectivity index (χ2n) is 11.4. The summed E-state index contributed by atoms with van der Waals surface area (Å²) in [7, 11) is 0. The van der Waals surface area contributed by atoms with Crippen molar-refractivity contribution in [1.29, 1.82) is 0 Å². The van der Waals surface area contributed by atoms with Gasteiger partial charge in [-0.15, -0.1) is 0 Å². The molecule has 0 N–H and O–H groups in total. The Labute approximate surface area is 255 Å². The van der Waals surface area contributed by atoms with Gasteiger partial charge in [-0.3, -0.25) is 0 Å². The molecule has 0 saturated heterocycles. The van der Waals surface area contributed by atoms with E-state index in [2.05, 4.69) is 179 Å². The number of hydrogen-bond acceptors (Lipinski definition) is 0. The van der Waals surface area contributed by atoms with Crippen LogP contribution in [0.25, 0.3) is 77.2 Å². The molecule has 0 fully saturated rings. The van der Waals surface area contributed by atoms with Gasteiger partial charge in [-0.25, -0.2) is 0 Å². The first kappa shape index (κ1) is 24.7. The minimum Gasteiger partial charge on any atom is -0.309 e. The molecule has 9 rings (SSSR count). The lowest BCUT2D eigenvalue weighted by molar-refractivity contribution is 1.17. The highest BCUT2D eigenvalue weighted by molar-refractivity contribution is 6.28. The Morgan fingerprint density at radius 3 is 1.39 bits per heavy atom. The van der Waals surface area contributed by atoms with E-state index in [-0.39, 0.29) is 0 Å². The van der Waals surface area contributed by atoms with Crippen LogP contribution in [-0.4, -0.2) is 9.13 Å². The number of nitrogens with zero attached hydrogens (tertiary/aromatic N) is 2. The number of fused-ring (bicyclic) bond motifs is 7.